The first-order valence-corrected chi connectivity index (χ1v) is 7.17. The van der Waals surface area contributed by atoms with E-state index in [-0.39, 0.29) is 22.9 Å². The topological polar surface area (TPSA) is 83.7 Å². The van der Waals surface area contributed by atoms with E-state index >= 15 is 0 Å². The standard InChI is InChI=1S/C15H14N2O4S/c1-16(2)15(19)10-7-8-13(11(9-10)17(20)21)22-14-6-4-3-5-12(14)18/h3-9,18H,1-2H3. The van der Waals surface area contributed by atoms with Gasteiger partial charge in [0.2, 0.25) is 0 Å². The van der Waals surface area contributed by atoms with E-state index < -0.39 is 4.92 Å². The van der Waals surface area contributed by atoms with Crippen LogP contribution in [0.25, 0.3) is 0 Å². The number of benzene rings is 2. The molecule has 0 bridgehead atoms. The molecule has 2 aromatic carbocycles. The van der Waals surface area contributed by atoms with E-state index in [2.05, 4.69) is 0 Å². The number of aromatic hydroxyl groups is 1. The zero-order valence-corrected chi connectivity index (χ0v) is 12.8. The van der Waals surface area contributed by atoms with Crippen LogP contribution in [0.1, 0.15) is 10.4 Å². The van der Waals surface area contributed by atoms with Gasteiger partial charge in [-0.1, -0.05) is 23.9 Å². The van der Waals surface area contributed by atoms with Crippen molar-refractivity contribution in [2.45, 2.75) is 9.79 Å². The van der Waals surface area contributed by atoms with Gasteiger partial charge in [0.1, 0.15) is 5.75 Å². The average molecular weight is 318 g/mol. The molecule has 0 heterocycles. The van der Waals surface area contributed by atoms with Gasteiger partial charge in [-0.3, -0.25) is 14.9 Å². The SMILES string of the molecule is CN(C)C(=O)c1ccc(Sc2ccccc2O)c([N+](=O)[O-])c1. The Morgan fingerprint density at radius 3 is 2.45 bits per heavy atom. The monoisotopic (exact) mass is 318 g/mol. The van der Waals surface area contributed by atoms with Crippen LogP contribution in [0.5, 0.6) is 5.75 Å². The summed E-state index contributed by atoms with van der Waals surface area (Å²) in [5.41, 5.74) is 0.0827. The summed E-state index contributed by atoms with van der Waals surface area (Å²) in [4.78, 5) is 24.8. The van der Waals surface area contributed by atoms with Crippen LogP contribution in [0.4, 0.5) is 5.69 Å². The highest BCUT2D eigenvalue weighted by Gasteiger charge is 2.20. The molecule has 0 saturated heterocycles. The number of phenols is 1. The summed E-state index contributed by atoms with van der Waals surface area (Å²) in [6.07, 6.45) is 0. The van der Waals surface area contributed by atoms with Gasteiger partial charge in [0.25, 0.3) is 11.6 Å². The average Bonchev–Trinajstić information content (AvgIpc) is 2.48. The molecule has 0 aromatic heterocycles. The van der Waals surface area contributed by atoms with Crippen LogP contribution in [0.3, 0.4) is 0 Å². The van der Waals surface area contributed by atoms with Gasteiger partial charge in [-0.15, -0.1) is 0 Å². The summed E-state index contributed by atoms with van der Waals surface area (Å²) in [6.45, 7) is 0. The number of hydrogen-bond donors (Lipinski definition) is 1. The third-order valence-electron chi connectivity index (χ3n) is 2.89. The van der Waals surface area contributed by atoms with E-state index in [0.29, 0.717) is 9.79 Å². The molecular weight excluding hydrogens is 304 g/mol. The first-order chi connectivity index (χ1) is 10.4. The maximum absolute atomic E-state index is 11.9. The number of nitro benzene ring substituents is 1. The minimum Gasteiger partial charge on any atom is -0.507 e. The van der Waals surface area contributed by atoms with E-state index in [9.17, 15) is 20.0 Å². The minimum absolute atomic E-state index is 0.0512. The molecule has 0 radical (unpaired) electrons. The Morgan fingerprint density at radius 1 is 1.18 bits per heavy atom. The fourth-order valence-corrected chi connectivity index (χ4v) is 2.73. The summed E-state index contributed by atoms with van der Waals surface area (Å²) in [5, 5.41) is 21.0. The second kappa shape index (κ2) is 6.48. The van der Waals surface area contributed by atoms with Crippen molar-refractivity contribution in [1.29, 1.82) is 0 Å². The number of nitrogens with zero attached hydrogens (tertiary/aromatic N) is 2. The Kier molecular flexibility index (Phi) is 4.67. The van der Waals surface area contributed by atoms with Crippen molar-refractivity contribution in [3.63, 3.8) is 0 Å². The van der Waals surface area contributed by atoms with E-state index in [1.54, 1.807) is 32.3 Å². The predicted octanol–water partition coefficient (Wildman–Crippen LogP) is 3.15. The second-order valence-electron chi connectivity index (χ2n) is 4.71. The van der Waals surface area contributed by atoms with Crippen molar-refractivity contribution in [1.82, 2.24) is 4.90 Å². The van der Waals surface area contributed by atoms with Crippen molar-refractivity contribution in [3.05, 3.63) is 58.1 Å². The molecule has 114 valence electrons. The molecule has 6 nitrogen and oxygen atoms in total. The van der Waals surface area contributed by atoms with Gasteiger partial charge < -0.3 is 10.0 Å². The summed E-state index contributed by atoms with van der Waals surface area (Å²) in [7, 11) is 3.16. The zero-order valence-electron chi connectivity index (χ0n) is 12.0. The van der Waals surface area contributed by atoms with Crippen LogP contribution >= 0.6 is 11.8 Å². The van der Waals surface area contributed by atoms with Gasteiger partial charge in [0.15, 0.2) is 0 Å². The van der Waals surface area contributed by atoms with Crippen LogP contribution in [-0.2, 0) is 0 Å². The van der Waals surface area contributed by atoms with E-state index in [4.69, 9.17) is 0 Å². The molecule has 0 aliphatic heterocycles. The highest BCUT2D eigenvalue weighted by atomic mass is 32.2. The minimum atomic E-state index is -0.533. The molecule has 0 aliphatic carbocycles. The van der Waals surface area contributed by atoms with Crippen LogP contribution in [0.15, 0.2) is 52.3 Å². The molecule has 0 aliphatic rings. The number of nitro groups is 1. The molecule has 2 rings (SSSR count). The first kappa shape index (κ1) is 15.8. The third-order valence-corrected chi connectivity index (χ3v) is 4.02. The molecule has 1 amide bonds. The lowest BCUT2D eigenvalue weighted by Gasteiger charge is -2.11. The van der Waals surface area contributed by atoms with Crippen LogP contribution in [0, 0.1) is 10.1 Å². The second-order valence-corrected chi connectivity index (χ2v) is 5.79. The van der Waals surface area contributed by atoms with Crippen LogP contribution in [-0.4, -0.2) is 34.9 Å². The predicted molar refractivity (Wildman–Crippen MR) is 83.3 cm³/mol. The summed E-state index contributed by atoms with van der Waals surface area (Å²) in [5.74, 6) is -0.252. The quantitative estimate of drug-likeness (QED) is 0.691. The van der Waals surface area contributed by atoms with Crippen molar-refractivity contribution >= 4 is 23.4 Å². The fourth-order valence-electron chi connectivity index (χ4n) is 1.80. The molecule has 7 heteroatoms. The summed E-state index contributed by atoms with van der Waals surface area (Å²) < 4.78 is 0. The molecule has 0 atom stereocenters. The molecule has 1 N–H and O–H groups in total. The number of carbonyl (C=O) groups excluding carboxylic acids is 1. The van der Waals surface area contributed by atoms with E-state index in [1.807, 2.05) is 0 Å². The Hall–Kier alpha value is -2.54. The third kappa shape index (κ3) is 3.37. The maximum atomic E-state index is 11.9. The molecule has 0 saturated carbocycles. The molecule has 2 aromatic rings. The van der Waals surface area contributed by atoms with Gasteiger partial charge in [-0.25, -0.2) is 0 Å². The van der Waals surface area contributed by atoms with Crippen molar-refractivity contribution in [2.24, 2.45) is 0 Å². The first-order valence-electron chi connectivity index (χ1n) is 6.36. The number of hydrogen-bond acceptors (Lipinski definition) is 5. The van der Waals surface area contributed by atoms with Gasteiger partial charge >= 0.3 is 0 Å². The lowest BCUT2D eigenvalue weighted by atomic mass is 10.2. The number of para-hydroxylation sites is 1. The number of rotatable bonds is 4. The van der Waals surface area contributed by atoms with Gasteiger partial charge in [0.05, 0.1) is 14.7 Å². The molecule has 0 spiro atoms. The van der Waals surface area contributed by atoms with Crippen LogP contribution < -0.4 is 0 Å². The molecular formula is C15H14N2O4S. The molecule has 0 unspecified atom stereocenters. The maximum Gasteiger partial charge on any atom is 0.284 e. The van der Waals surface area contributed by atoms with Crippen molar-refractivity contribution in [2.75, 3.05) is 14.1 Å². The Labute approximate surface area is 131 Å². The molecule has 0 fully saturated rings. The lowest BCUT2D eigenvalue weighted by molar-refractivity contribution is -0.387. The van der Waals surface area contributed by atoms with Gasteiger partial charge in [-0.05, 0) is 24.3 Å². The Bertz CT molecular complexity index is 731. The lowest BCUT2D eigenvalue weighted by Crippen LogP contribution is -2.21. The number of phenolic OH excluding ortho intramolecular Hbond substituents is 1. The Morgan fingerprint density at radius 2 is 1.86 bits per heavy atom. The largest absolute Gasteiger partial charge is 0.507 e. The van der Waals surface area contributed by atoms with Crippen molar-refractivity contribution in [3.8, 4) is 5.75 Å². The number of amides is 1. The highest BCUT2D eigenvalue weighted by molar-refractivity contribution is 7.99. The Balaban J connectivity index is 2.42. The smallest absolute Gasteiger partial charge is 0.284 e. The van der Waals surface area contributed by atoms with Gasteiger partial charge in [-0.2, -0.15) is 0 Å². The van der Waals surface area contributed by atoms with Gasteiger partial charge in [0, 0.05) is 25.7 Å². The zero-order chi connectivity index (χ0) is 16.3. The summed E-state index contributed by atoms with van der Waals surface area (Å²) in [6, 6.07) is 10.9. The molecule has 22 heavy (non-hydrogen) atoms. The summed E-state index contributed by atoms with van der Waals surface area (Å²) >= 11 is 1.08. The fraction of sp³-hybridized carbons (Fsp3) is 0.133. The van der Waals surface area contributed by atoms with Crippen molar-refractivity contribution < 1.29 is 14.8 Å². The highest BCUT2D eigenvalue weighted by Crippen LogP contribution is 2.39. The normalized spacial score (nSPS) is 10.3. The van der Waals surface area contributed by atoms with E-state index in [1.165, 1.54) is 29.2 Å². The van der Waals surface area contributed by atoms with E-state index in [0.717, 1.165) is 11.8 Å². The number of carbonyl (C=O) groups is 1. The van der Waals surface area contributed by atoms with Crippen LogP contribution in [0.2, 0.25) is 0 Å².